The van der Waals surface area contributed by atoms with Crippen molar-refractivity contribution >= 4 is 22.9 Å². The van der Waals surface area contributed by atoms with Crippen LogP contribution in [0.1, 0.15) is 40.0 Å². The Kier molecular flexibility index (Phi) is 4.74. The van der Waals surface area contributed by atoms with E-state index in [0.717, 1.165) is 17.1 Å². The number of hydrogen-bond donors (Lipinski definition) is 2. The highest BCUT2D eigenvalue weighted by molar-refractivity contribution is 7.12. The summed E-state index contributed by atoms with van der Waals surface area (Å²) in [4.78, 5) is 18.8. The number of nitrogens with one attached hydrogen (secondary N) is 2. The van der Waals surface area contributed by atoms with E-state index >= 15 is 0 Å². The van der Waals surface area contributed by atoms with Crippen molar-refractivity contribution < 1.29 is 4.79 Å². The number of hydrogen-bond acceptors (Lipinski definition) is 4. The van der Waals surface area contributed by atoms with Crippen LogP contribution in [-0.2, 0) is 0 Å². The van der Waals surface area contributed by atoms with Gasteiger partial charge in [0.05, 0.1) is 23.5 Å². The highest BCUT2D eigenvalue weighted by Crippen LogP contribution is 2.23. The molecule has 0 saturated heterocycles. The van der Waals surface area contributed by atoms with Crippen molar-refractivity contribution in [2.75, 3.05) is 11.9 Å². The predicted molar refractivity (Wildman–Crippen MR) is 83.3 cm³/mol. The Balaban J connectivity index is 2.12. The first-order valence-electron chi connectivity index (χ1n) is 6.67. The summed E-state index contributed by atoms with van der Waals surface area (Å²) in [6, 6.07) is 5.87. The zero-order valence-corrected chi connectivity index (χ0v) is 12.8. The third kappa shape index (κ3) is 3.36. The van der Waals surface area contributed by atoms with Crippen LogP contribution in [0, 0.1) is 6.92 Å². The predicted octanol–water partition coefficient (Wildman–Crippen LogP) is 3.37. The lowest BCUT2D eigenvalue weighted by molar-refractivity contribution is 0.0941. The van der Waals surface area contributed by atoms with Crippen LogP contribution in [0.3, 0.4) is 0 Å². The average Bonchev–Trinajstić information content (AvgIpc) is 2.86. The molecule has 20 heavy (non-hydrogen) atoms. The number of thiophene rings is 1. The second-order valence-electron chi connectivity index (χ2n) is 4.60. The molecule has 0 bridgehead atoms. The van der Waals surface area contributed by atoms with Crippen LogP contribution in [0.15, 0.2) is 30.6 Å². The summed E-state index contributed by atoms with van der Waals surface area (Å²) in [5.41, 5.74) is 1.39. The first kappa shape index (κ1) is 14.5. The largest absolute Gasteiger partial charge is 0.383 e. The Morgan fingerprint density at radius 1 is 1.40 bits per heavy atom. The van der Waals surface area contributed by atoms with Crippen molar-refractivity contribution in [3.63, 3.8) is 0 Å². The number of aryl methyl sites for hydroxylation is 1. The minimum atomic E-state index is -0.0816. The maximum absolute atomic E-state index is 12.4. The second kappa shape index (κ2) is 6.52. The van der Waals surface area contributed by atoms with E-state index in [1.807, 2.05) is 13.8 Å². The molecule has 0 fully saturated rings. The Morgan fingerprint density at radius 3 is 2.85 bits per heavy atom. The van der Waals surface area contributed by atoms with Crippen LogP contribution in [0.25, 0.3) is 0 Å². The Labute approximate surface area is 123 Å². The monoisotopic (exact) mass is 289 g/mol. The van der Waals surface area contributed by atoms with Gasteiger partial charge in [-0.3, -0.25) is 9.78 Å². The smallest absolute Gasteiger partial charge is 0.253 e. The Bertz CT molecular complexity index is 594. The number of amides is 1. The number of anilines is 1. The standard InChI is InChI=1S/C15H19N3OS/c1-4-17-13-9-16-8-7-12(13)15(19)18-11(3)14-6-5-10(2)20-14/h5-9,11,17H,4H2,1-3H3,(H,18,19). The summed E-state index contributed by atoms with van der Waals surface area (Å²) in [5.74, 6) is -0.0816. The number of nitrogens with zero attached hydrogens (tertiary/aromatic N) is 1. The van der Waals surface area contributed by atoms with Crippen LogP contribution in [0.2, 0.25) is 0 Å². The lowest BCUT2D eigenvalue weighted by Gasteiger charge is -2.14. The molecule has 2 rings (SSSR count). The molecule has 2 aromatic heterocycles. The van der Waals surface area contributed by atoms with Crippen molar-refractivity contribution in [1.29, 1.82) is 0 Å². The van der Waals surface area contributed by atoms with Crippen LogP contribution in [0.5, 0.6) is 0 Å². The zero-order chi connectivity index (χ0) is 14.5. The van der Waals surface area contributed by atoms with Crippen LogP contribution in [-0.4, -0.2) is 17.4 Å². The number of carbonyl (C=O) groups is 1. The fourth-order valence-corrected chi connectivity index (χ4v) is 2.84. The number of pyridine rings is 1. The summed E-state index contributed by atoms with van der Waals surface area (Å²) in [6.07, 6.45) is 3.31. The molecule has 2 aromatic rings. The normalized spacial score (nSPS) is 11.9. The molecule has 4 nitrogen and oxygen atoms in total. The van der Waals surface area contributed by atoms with Gasteiger partial charge < -0.3 is 10.6 Å². The molecule has 2 N–H and O–H groups in total. The van der Waals surface area contributed by atoms with Crippen LogP contribution in [0.4, 0.5) is 5.69 Å². The number of aromatic nitrogens is 1. The quantitative estimate of drug-likeness (QED) is 0.887. The first-order valence-corrected chi connectivity index (χ1v) is 7.48. The van der Waals surface area contributed by atoms with Gasteiger partial charge in [-0.05, 0) is 39.0 Å². The SMILES string of the molecule is CCNc1cnccc1C(=O)NC(C)c1ccc(C)s1. The van der Waals surface area contributed by atoms with E-state index < -0.39 is 0 Å². The van der Waals surface area contributed by atoms with Gasteiger partial charge in [-0.25, -0.2) is 0 Å². The number of carbonyl (C=O) groups excluding carboxylic acids is 1. The summed E-state index contributed by atoms with van der Waals surface area (Å²) < 4.78 is 0. The van der Waals surface area contributed by atoms with E-state index in [2.05, 4.69) is 34.7 Å². The second-order valence-corrected chi connectivity index (χ2v) is 5.91. The first-order chi connectivity index (χ1) is 9.61. The molecule has 5 heteroatoms. The Morgan fingerprint density at radius 2 is 2.20 bits per heavy atom. The van der Waals surface area contributed by atoms with Gasteiger partial charge in [0, 0.05) is 22.5 Å². The van der Waals surface area contributed by atoms with Crippen molar-refractivity contribution in [2.24, 2.45) is 0 Å². The lowest BCUT2D eigenvalue weighted by atomic mass is 10.2. The van der Waals surface area contributed by atoms with E-state index in [0.29, 0.717) is 5.56 Å². The topological polar surface area (TPSA) is 54.0 Å². The molecule has 0 aliphatic rings. The minimum Gasteiger partial charge on any atom is -0.383 e. The van der Waals surface area contributed by atoms with Crippen molar-refractivity contribution in [3.05, 3.63) is 45.9 Å². The highest BCUT2D eigenvalue weighted by atomic mass is 32.1. The maximum Gasteiger partial charge on any atom is 0.253 e. The molecular weight excluding hydrogens is 270 g/mol. The van der Waals surface area contributed by atoms with Crippen molar-refractivity contribution in [2.45, 2.75) is 26.8 Å². The van der Waals surface area contributed by atoms with Gasteiger partial charge in [0.2, 0.25) is 0 Å². The molecule has 0 radical (unpaired) electrons. The van der Waals surface area contributed by atoms with Crippen LogP contribution >= 0.6 is 11.3 Å². The highest BCUT2D eigenvalue weighted by Gasteiger charge is 2.15. The molecule has 1 amide bonds. The van der Waals surface area contributed by atoms with Gasteiger partial charge in [0.1, 0.15) is 0 Å². The van der Waals surface area contributed by atoms with Gasteiger partial charge in [0.15, 0.2) is 0 Å². The maximum atomic E-state index is 12.4. The Hall–Kier alpha value is -1.88. The fraction of sp³-hybridized carbons (Fsp3) is 0.333. The summed E-state index contributed by atoms with van der Waals surface area (Å²) in [6.45, 7) is 6.81. The molecule has 2 heterocycles. The minimum absolute atomic E-state index is 0.00356. The van der Waals surface area contributed by atoms with Gasteiger partial charge in [-0.1, -0.05) is 0 Å². The van der Waals surface area contributed by atoms with E-state index in [9.17, 15) is 4.79 Å². The van der Waals surface area contributed by atoms with Crippen molar-refractivity contribution in [3.8, 4) is 0 Å². The summed E-state index contributed by atoms with van der Waals surface area (Å²) in [7, 11) is 0. The van der Waals surface area contributed by atoms with Crippen LogP contribution < -0.4 is 10.6 Å². The van der Waals surface area contributed by atoms with E-state index in [1.165, 1.54) is 4.88 Å². The molecule has 0 aliphatic heterocycles. The molecule has 106 valence electrons. The van der Waals surface area contributed by atoms with E-state index in [-0.39, 0.29) is 11.9 Å². The van der Waals surface area contributed by atoms with Gasteiger partial charge in [-0.2, -0.15) is 0 Å². The van der Waals surface area contributed by atoms with Gasteiger partial charge in [-0.15, -0.1) is 11.3 Å². The molecule has 0 saturated carbocycles. The molecule has 1 atom stereocenters. The fourth-order valence-electron chi connectivity index (χ4n) is 1.96. The summed E-state index contributed by atoms with van der Waals surface area (Å²) in [5, 5.41) is 6.18. The van der Waals surface area contributed by atoms with E-state index in [4.69, 9.17) is 0 Å². The molecule has 0 aromatic carbocycles. The molecule has 0 aliphatic carbocycles. The number of rotatable bonds is 5. The lowest BCUT2D eigenvalue weighted by Crippen LogP contribution is -2.27. The molecular formula is C15H19N3OS. The van der Waals surface area contributed by atoms with Crippen molar-refractivity contribution in [1.82, 2.24) is 10.3 Å². The summed E-state index contributed by atoms with van der Waals surface area (Å²) >= 11 is 1.70. The third-order valence-corrected chi connectivity index (χ3v) is 4.15. The zero-order valence-electron chi connectivity index (χ0n) is 11.9. The third-order valence-electron chi connectivity index (χ3n) is 2.97. The molecule has 0 spiro atoms. The average molecular weight is 289 g/mol. The molecule has 1 unspecified atom stereocenters. The van der Waals surface area contributed by atoms with E-state index in [1.54, 1.807) is 29.8 Å². The van der Waals surface area contributed by atoms with Gasteiger partial charge in [0.25, 0.3) is 5.91 Å². The van der Waals surface area contributed by atoms with Gasteiger partial charge >= 0.3 is 0 Å².